The van der Waals surface area contributed by atoms with Gasteiger partial charge in [0.25, 0.3) is 0 Å². The van der Waals surface area contributed by atoms with Gasteiger partial charge in [-0.1, -0.05) is 117 Å². The van der Waals surface area contributed by atoms with Crippen molar-refractivity contribution in [2.75, 3.05) is 82.1 Å². The Labute approximate surface area is 558 Å². The first kappa shape index (κ1) is 85.1. The molecule has 25 heteroatoms. The summed E-state index contributed by atoms with van der Waals surface area (Å²) in [6.45, 7) is 35.9. The largest absolute Gasteiger partial charge is 0.390 e. The fraction of sp³-hybridized carbons (Fsp3) is 0.838. The highest BCUT2D eigenvalue weighted by Gasteiger charge is 2.46. The Bertz CT molecular complexity index is 2470. The summed E-state index contributed by atoms with van der Waals surface area (Å²) in [7, 11) is 9.95. The Morgan fingerprint density at radius 2 is 0.978 bits per heavy atom. The minimum atomic E-state index is -1.60. The van der Waals surface area contributed by atoms with Crippen molar-refractivity contribution in [2.24, 2.45) is 35.5 Å². The predicted molar refractivity (Wildman–Crippen MR) is 362 cm³/mol. The normalized spacial score (nSPS) is 25.7. The Morgan fingerprint density at radius 1 is 0.516 bits per heavy atom. The number of unbranched alkanes of at least 4 members (excludes halogenated alkanes) is 1. The Balaban J connectivity index is 4.42. The van der Waals surface area contributed by atoms with Gasteiger partial charge in [-0.15, -0.1) is 0 Å². The SMILES string of the molecule is CCCC[C@@H](C)[C@@H](O)[C@H]1C(=O)N[C@@H](CC)C(=O)N(C)CC(=O)N(C)[C@@H](CC(C)(C)OCCN(CC)CC)C(=O)N[C@@H](C(C)C)C(=O)N(C)[C@@H](CC(C)C)C(=O)N[C@@H](C)C(=O)N[C@H](C)C(=O)N(C)[C@@H](CC(C)C)C(=O)N(C)[C@@H](CC(C)C)C(=O)N(C)[C@@H](C(C)C)C(=O)N1C. The van der Waals surface area contributed by atoms with E-state index in [9.17, 15) is 38.7 Å². The van der Waals surface area contributed by atoms with Crippen LogP contribution in [0.5, 0.6) is 0 Å². The third-order valence-corrected chi connectivity index (χ3v) is 18.1. The van der Waals surface area contributed by atoms with Gasteiger partial charge in [0.1, 0.15) is 60.4 Å². The molecule has 1 aliphatic rings. The zero-order chi connectivity index (χ0) is 72.0. The van der Waals surface area contributed by atoms with Crippen molar-refractivity contribution in [3.05, 3.63) is 0 Å². The molecule has 0 radical (unpaired) electrons. The highest BCUT2D eigenvalue weighted by Crippen LogP contribution is 2.27. The summed E-state index contributed by atoms with van der Waals surface area (Å²) in [4.78, 5) is 173. The number of carbonyl (C=O) groups excluding carboxylic acids is 11. The zero-order valence-electron chi connectivity index (χ0n) is 61.9. The number of hydrogen-bond donors (Lipinski definition) is 5. The average Bonchev–Trinajstić information content (AvgIpc) is 0.837. The van der Waals surface area contributed by atoms with E-state index in [1.165, 1.54) is 87.7 Å². The molecule has 0 aromatic heterocycles. The molecular weight excluding hydrogens is 1190 g/mol. The third kappa shape index (κ3) is 25.0. The van der Waals surface area contributed by atoms with Gasteiger partial charge in [-0.25, -0.2) is 0 Å². The van der Waals surface area contributed by atoms with Crippen LogP contribution < -0.4 is 21.3 Å². The lowest BCUT2D eigenvalue weighted by Crippen LogP contribution is -2.63. The van der Waals surface area contributed by atoms with Gasteiger partial charge in [-0.3, -0.25) is 52.7 Å². The van der Waals surface area contributed by atoms with Crippen LogP contribution in [-0.2, 0) is 57.5 Å². The lowest BCUT2D eigenvalue weighted by Gasteiger charge is -2.41. The first-order valence-electron chi connectivity index (χ1n) is 34.1. The van der Waals surface area contributed by atoms with E-state index in [-0.39, 0.29) is 49.9 Å². The van der Waals surface area contributed by atoms with Gasteiger partial charge in [0.05, 0.1) is 24.9 Å². The van der Waals surface area contributed by atoms with Crippen LogP contribution >= 0.6 is 0 Å². The van der Waals surface area contributed by atoms with Crippen LogP contribution in [0.3, 0.4) is 0 Å². The Hall–Kier alpha value is -5.95. The van der Waals surface area contributed by atoms with E-state index < -0.39 is 161 Å². The molecule has 1 fully saturated rings. The summed E-state index contributed by atoms with van der Waals surface area (Å²) < 4.78 is 6.40. The molecule has 25 nitrogen and oxygen atoms in total. The van der Waals surface area contributed by atoms with Crippen molar-refractivity contribution in [1.82, 2.24) is 60.5 Å². The molecule has 0 spiro atoms. The molecular formula is C68H126N12O13. The number of aliphatic hydroxyl groups is 1. The van der Waals surface area contributed by atoms with Crippen LogP contribution in [0.4, 0.5) is 0 Å². The number of hydrogen-bond acceptors (Lipinski definition) is 14. The Kier molecular flexibility index (Phi) is 35.8. The van der Waals surface area contributed by atoms with Crippen LogP contribution in [0.2, 0.25) is 0 Å². The molecule has 1 rings (SSSR count). The summed E-state index contributed by atoms with van der Waals surface area (Å²) >= 11 is 0. The standard InChI is InChI=1S/C68H126N12O13/c1-27-31-32-45(15)57(82)56-61(86)71-48(28-2)63(88)73(20)39-53(81)74(21)52(38-68(18,19)93-34-33-80(29-3)30-4)60(85)72-54(43(11)12)66(91)75(22)49(35-40(5)6)59(84)69-46(16)58(83)70-47(17)62(87)76(23)50(36-41(7)8)64(89)77(24)51(37-42(9)10)65(90)78(25)55(44(13)14)67(92)79(56)26/h40-52,54-57,82H,27-39H2,1-26H3,(H,69,84)(H,70,83)(H,71,86)(H,72,85)/t45-,46+,47-,48+,49+,50+,51+,52+,54+,55+,56+,57-/m1/s1. The van der Waals surface area contributed by atoms with E-state index in [0.29, 0.717) is 26.0 Å². The van der Waals surface area contributed by atoms with E-state index in [4.69, 9.17) is 4.74 Å². The van der Waals surface area contributed by atoms with Gasteiger partial charge in [0, 0.05) is 62.3 Å². The third-order valence-electron chi connectivity index (χ3n) is 18.1. The molecule has 0 aromatic rings. The molecule has 5 N–H and O–H groups in total. The van der Waals surface area contributed by atoms with Crippen LogP contribution in [0.25, 0.3) is 0 Å². The van der Waals surface area contributed by atoms with Crippen molar-refractivity contribution in [2.45, 2.75) is 255 Å². The maximum absolute atomic E-state index is 15.3. The van der Waals surface area contributed by atoms with Gasteiger partial charge in [0.2, 0.25) is 65.0 Å². The number of nitrogens with one attached hydrogen (secondary N) is 4. The summed E-state index contributed by atoms with van der Waals surface area (Å²) in [6.07, 6.45) is 0.857. The summed E-state index contributed by atoms with van der Waals surface area (Å²) in [5.41, 5.74) is -1.04. The number of amides is 11. The van der Waals surface area contributed by atoms with Crippen molar-refractivity contribution >= 4 is 65.0 Å². The fourth-order valence-electron chi connectivity index (χ4n) is 11.9. The minimum absolute atomic E-state index is 0.0119. The zero-order valence-corrected chi connectivity index (χ0v) is 61.9. The summed E-state index contributed by atoms with van der Waals surface area (Å²) in [5.74, 6) is -9.72. The van der Waals surface area contributed by atoms with E-state index in [1.807, 2.05) is 62.3 Å². The van der Waals surface area contributed by atoms with Crippen molar-refractivity contribution < 1.29 is 62.6 Å². The molecule has 1 heterocycles. The lowest BCUT2D eigenvalue weighted by molar-refractivity contribution is -0.157. The second-order valence-electron chi connectivity index (χ2n) is 28.6. The number of carbonyl (C=O) groups is 11. The fourth-order valence-corrected chi connectivity index (χ4v) is 11.9. The van der Waals surface area contributed by atoms with Crippen molar-refractivity contribution in [1.29, 1.82) is 0 Å². The highest BCUT2D eigenvalue weighted by atomic mass is 16.5. The average molecular weight is 1320 g/mol. The molecule has 1 aliphatic heterocycles. The van der Waals surface area contributed by atoms with Crippen LogP contribution in [0.15, 0.2) is 0 Å². The molecule has 1 saturated heterocycles. The lowest BCUT2D eigenvalue weighted by atomic mass is 9.90. The van der Waals surface area contributed by atoms with Gasteiger partial charge < -0.3 is 70.3 Å². The number of likely N-dealkylation sites (N-methyl/N-ethyl adjacent to an activating group) is 8. The van der Waals surface area contributed by atoms with Crippen LogP contribution in [0, 0.1) is 35.5 Å². The molecule has 0 aromatic carbocycles. The number of rotatable bonds is 22. The molecule has 12 atom stereocenters. The Morgan fingerprint density at radius 3 is 1.45 bits per heavy atom. The number of ether oxygens (including phenoxy) is 1. The predicted octanol–water partition coefficient (Wildman–Crippen LogP) is 3.97. The van der Waals surface area contributed by atoms with Crippen molar-refractivity contribution in [3.63, 3.8) is 0 Å². The second-order valence-corrected chi connectivity index (χ2v) is 28.6. The van der Waals surface area contributed by atoms with Crippen LogP contribution in [0.1, 0.15) is 183 Å². The van der Waals surface area contributed by atoms with E-state index in [0.717, 1.165) is 29.3 Å². The molecule has 536 valence electrons. The van der Waals surface area contributed by atoms with Crippen LogP contribution in [-0.4, -0.2) is 264 Å². The molecule has 0 bridgehead atoms. The first-order chi connectivity index (χ1) is 43.0. The molecule has 0 saturated carbocycles. The van der Waals surface area contributed by atoms with Gasteiger partial charge >= 0.3 is 0 Å². The van der Waals surface area contributed by atoms with E-state index >= 15 is 19.2 Å². The first-order valence-corrected chi connectivity index (χ1v) is 34.1. The number of aliphatic hydroxyl groups excluding tert-OH is 1. The smallest absolute Gasteiger partial charge is 0.246 e. The summed E-state index contributed by atoms with van der Waals surface area (Å²) in [5, 5.41) is 23.3. The van der Waals surface area contributed by atoms with Gasteiger partial charge in [-0.2, -0.15) is 0 Å². The van der Waals surface area contributed by atoms with Gasteiger partial charge in [0.15, 0.2) is 0 Å². The molecule has 0 aliphatic carbocycles. The second kappa shape index (κ2) is 39.2. The highest BCUT2D eigenvalue weighted by molar-refractivity contribution is 5.99. The topological polar surface area (TPSA) is 291 Å². The molecule has 93 heavy (non-hydrogen) atoms. The maximum atomic E-state index is 15.3. The van der Waals surface area contributed by atoms with E-state index in [2.05, 4.69) is 26.2 Å². The molecule has 0 unspecified atom stereocenters. The minimum Gasteiger partial charge on any atom is -0.390 e. The number of nitrogens with zero attached hydrogens (tertiary/aromatic N) is 8. The molecule has 11 amide bonds. The monoisotopic (exact) mass is 1320 g/mol. The van der Waals surface area contributed by atoms with E-state index in [1.54, 1.807) is 55.4 Å². The van der Waals surface area contributed by atoms with Crippen molar-refractivity contribution in [3.8, 4) is 0 Å². The quantitative estimate of drug-likeness (QED) is 0.103. The summed E-state index contributed by atoms with van der Waals surface area (Å²) in [6, 6.07) is -12.6. The van der Waals surface area contributed by atoms with Gasteiger partial charge in [-0.05, 0) is 108 Å². The maximum Gasteiger partial charge on any atom is 0.246 e.